The zero-order valence-electron chi connectivity index (χ0n) is 11.1. The molecule has 0 aliphatic carbocycles. The topological polar surface area (TPSA) is 59.0 Å². The minimum Gasteiger partial charge on any atom is -0.444 e. The second-order valence-corrected chi connectivity index (χ2v) is 5.40. The van der Waals surface area contributed by atoms with E-state index in [0.29, 0.717) is 13.0 Å². The molecule has 0 saturated carbocycles. The van der Waals surface area contributed by atoms with E-state index in [9.17, 15) is 9.90 Å². The average Bonchev–Trinajstić information content (AvgIpc) is 2.63. The van der Waals surface area contributed by atoms with Crippen molar-refractivity contribution in [3.63, 3.8) is 0 Å². The van der Waals surface area contributed by atoms with Crippen molar-refractivity contribution in [2.24, 2.45) is 0 Å². The van der Waals surface area contributed by atoms with E-state index in [2.05, 4.69) is 0 Å². The Morgan fingerprint density at radius 1 is 1.53 bits per heavy atom. The first-order valence-corrected chi connectivity index (χ1v) is 6.04. The highest BCUT2D eigenvalue weighted by molar-refractivity contribution is 5.68. The van der Waals surface area contributed by atoms with Gasteiger partial charge in [0.2, 0.25) is 0 Å². The Bertz CT molecular complexity index is 262. The number of carbonyl (C=O) groups is 1. The number of amides is 1. The fourth-order valence-electron chi connectivity index (χ4n) is 1.97. The van der Waals surface area contributed by atoms with Gasteiger partial charge in [0.1, 0.15) is 5.60 Å². The smallest absolute Gasteiger partial charge is 0.410 e. The van der Waals surface area contributed by atoms with E-state index < -0.39 is 11.9 Å². The lowest BCUT2D eigenvalue weighted by atomic mass is 10.1. The molecule has 0 aromatic rings. The van der Waals surface area contributed by atoms with Gasteiger partial charge in [-0.25, -0.2) is 4.79 Å². The minimum absolute atomic E-state index is 0.0137. The summed E-state index contributed by atoms with van der Waals surface area (Å²) in [6, 6.07) is 0.0137. The summed E-state index contributed by atoms with van der Waals surface area (Å²) in [5, 5.41) is 9.45. The van der Waals surface area contributed by atoms with Crippen LogP contribution in [0.2, 0.25) is 0 Å². The molecule has 1 amide bonds. The molecule has 2 atom stereocenters. The van der Waals surface area contributed by atoms with Crippen molar-refractivity contribution in [2.75, 3.05) is 13.7 Å². The van der Waals surface area contributed by atoms with Crippen LogP contribution in [-0.2, 0) is 9.47 Å². The van der Waals surface area contributed by atoms with Crippen LogP contribution in [-0.4, -0.2) is 47.7 Å². The fourth-order valence-corrected chi connectivity index (χ4v) is 1.97. The molecule has 0 aromatic carbocycles. The number of rotatable bonds is 3. The Kier molecular flexibility index (Phi) is 4.77. The van der Waals surface area contributed by atoms with Gasteiger partial charge in [-0.15, -0.1) is 0 Å². The van der Waals surface area contributed by atoms with Crippen LogP contribution in [0.3, 0.4) is 0 Å². The third-order valence-corrected chi connectivity index (χ3v) is 2.75. The molecule has 1 heterocycles. The van der Waals surface area contributed by atoms with Crippen LogP contribution in [0.5, 0.6) is 0 Å². The number of nitrogens with zero attached hydrogens (tertiary/aromatic N) is 1. The molecule has 0 bridgehead atoms. The number of aliphatic hydroxyl groups is 1. The third-order valence-electron chi connectivity index (χ3n) is 2.75. The summed E-state index contributed by atoms with van der Waals surface area (Å²) in [4.78, 5) is 13.6. The SMILES string of the molecule is COC(O)CC1CCCN1C(=O)OC(C)(C)C. The van der Waals surface area contributed by atoms with Crippen molar-refractivity contribution in [3.05, 3.63) is 0 Å². The van der Waals surface area contributed by atoms with Crippen molar-refractivity contribution < 1.29 is 19.4 Å². The predicted octanol–water partition coefficient (Wildman–Crippen LogP) is 1.74. The maximum atomic E-state index is 11.9. The van der Waals surface area contributed by atoms with Gasteiger partial charge in [-0.05, 0) is 33.6 Å². The lowest BCUT2D eigenvalue weighted by Gasteiger charge is -2.29. The maximum absolute atomic E-state index is 11.9. The minimum atomic E-state index is -0.817. The van der Waals surface area contributed by atoms with Crippen LogP contribution in [0.15, 0.2) is 0 Å². The van der Waals surface area contributed by atoms with Crippen LogP contribution in [0.4, 0.5) is 4.79 Å². The van der Waals surface area contributed by atoms with E-state index in [0.717, 1.165) is 12.8 Å². The van der Waals surface area contributed by atoms with Crippen LogP contribution >= 0.6 is 0 Å². The zero-order chi connectivity index (χ0) is 13.1. The summed E-state index contributed by atoms with van der Waals surface area (Å²) in [7, 11) is 1.46. The fraction of sp³-hybridized carbons (Fsp3) is 0.917. The molecule has 1 aliphatic rings. The van der Waals surface area contributed by atoms with E-state index in [4.69, 9.17) is 9.47 Å². The molecule has 0 spiro atoms. The Hall–Kier alpha value is -0.810. The molecule has 1 saturated heterocycles. The standard InChI is InChI=1S/C12H23NO4/c1-12(2,3)17-11(15)13-7-5-6-9(13)8-10(14)16-4/h9-10,14H,5-8H2,1-4H3. The van der Waals surface area contributed by atoms with E-state index in [1.807, 2.05) is 20.8 Å². The van der Waals surface area contributed by atoms with Gasteiger partial charge >= 0.3 is 6.09 Å². The zero-order valence-corrected chi connectivity index (χ0v) is 11.1. The molecular weight excluding hydrogens is 222 g/mol. The van der Waals surface area contributed by atoms with Gasteiger partial charge in [0.15, 0.2) is 6.29 Å². The van der Waals surface area contributed by atoms with Crippen LogP contribution in [0, 0.1) is 0 Å². The molecule has 0 radical (unpaired) electrons. The molecule has 2 unspecified atom stereocenters. The highest BCUT2D eigenvalue weighted by atomic mass is 16.6. The van der Waals surface area contributed by atoms with Crippen LogP contribution in [0.25, 0.3) is 0 Å². The number of hydrogen-bond acceptors (Lipinski definition) is 4. The Labute approximate surface area is 103 Å². The Balaban J connectivity index is 2.54. The first-order chi connectivity index (χ1) is 7.83. The molecule has 1 rings (SSSR count). The number of hydrogen-bond donors (Lipinski definition) is 1. The lowest BCUT2D eigenvalue weighted by Crippen LogP contribution is -2.41. The maximum Gasteiger partial charge on any atom is 0.410 e. The lowest BCUT2D eigenvalue weighted by molar-refractivity contribution is -0.0888. The van der Waals surface area contributed by atoms with Gasteiger partial charge in [-0.1, -0.05) is 0 Å². The highest BCUT2D eigenvalue weighted by Gasteiger charge is 2.33. The Morgan fingerprint density at radius 3 is 2.71 bits per heavy atom. The molecule has 100 valence electrons. The van der Waals surface area contributed by atoms with Crippen molar-refractivity contribution in [2.45, 2.75) is 58.0 Å². The van der Waals surface area contributed by atoms with Gasteiger partial charge in [0, 0.05) is 26.1 Å². The number of carbonyl (C=O) groups excluding carboxylic acids is 1. The predicted molar refractivity (Wildman–Crippen MR) is 63.6 cm³/mol. The summed E-state index contributed by atoms with van der Waals surface area (Å²) >= 11 is 0. The second-order valence-electron chi connectivity index (χ2n) is 5.40. The first-order valence-electron chi connectivity index (χ1n) is 6.04. The van der Waals surface area contributed by atoms with Gasteiger partial charge in [-0.3, -0.25) is 0 Å². The molecule has 1 aliphatic heterocycles. The van der Waals surface area contributed by atoms with Crippen molar-refractivity contribution in [3.8, 4) is 0 Å². The van der Waals surface area contributed by atoms with Crippen molar-refractivity contribution in [1.82, 2.24) is 4.90 Å². The molecule has 17 heavy (non-hydrogen) atoms. The molecule has 0 aromatic heterocycles. The quantitative estimate of drug-likeness (QED) is 0.769. The van der Waals surface area contributed by atoms with Gasteiger partial charge in [-0.2, -0.15) is 0 Å². The average molecular weight is 245 g/mol. The van der Waals surface area contributed by atoms with E-state index in [-0.39, 0.29) is 12.1 Å². The summed E-state index contributed by atoms with van der Waals surface area (Å²) in [5.74, 6) is 0. The van der Waals surface area contributed by atoms with E-state index in [1.165, 1.54) is 7.11 Å². The van der Waals surface area contributed by atoms with Crippen LogP contribution < -0.4 is 0 Å². The van der Waals surface area contributed by atoms with Crippen molar-refractivity contribution >= 4 is 6.09 Å². The largest absolute Gasteiger partial charge is 0.444 e. The number of aliphatic hydroxyl groups excluding tert-OH is 1. The van der Waals surface area contributed by atoms with E-state index >= 15 is 0 Å². The highest BCUT2D eigenvalue weighted by Crippen LogP contribution is 2.24. The van der Waals surface area contributed by atoms with Gasteiger partial charge in [0.25, 0.3) is 0 Å². The van der Waals surface area contributed by atoms with E-state index in [1.54, 1.807) is 4.90 Å². The number of methoxy groups -OCH3 is 1. The Morgan fingerprint density at radius 2 is 2.18 bits per heavy atom. The molecular formula is C12H23NO4. The molecule has 1 fully saturated rings. The summed E-state index contributed by atoms with van der Waals surface area (Å²) < 4.78 is 10.1. The number of ether oxygens (including phenoxy) is 2. The monoisotopic (exact) mass is 245 g/mol. The second kappa shape index (κ2) is 5.69. The summed E-state index contributed by atoms with van der Waals surface area (Å²) in [6.45, 7) is 6.23. The molecule has 1 N–H and O–H groups in total. The molecule has 5 nitrogen and oxygen atoms in total. The van der Waals surface area contributed by atoms with Crippen LogP contribution in [0.1, 0.15) is 40.0 Å². The summed E-state index contributed by atoms with van der Waals surface area (Å²) in [5.41, 5.74) is -0.482. The molecule has 5 heteroatoms. The first kappa shape index (κ1) is 14.3. The van der Waals surface area contributed by atoms with Crippen molar-refractivity contribution in [1.29, 1.82) is 0 Å². The van der Waals surface area contributed by atoms with Gasteiger partial charge < -0.3 is 19.5 Å². The number of likely N-dealkylation sites (tertiary alicyclic amines) is 1. The summed E-state index contributed by atoms with van der Waals surface area (Å²) in [6.07, 6.45) is 1.15. The van der Waals surface area contributed by atoms with Gasteiger partial charge in [0.05, 0.1) is 0 Å². The normalized spacial score (nSPS) is 22.6. The third kappa shape index (κ3) is 4.52.